The monoisotopic (exact) mass is 466 g/mol. The van der Waals surface area contributed by atoms with Gasteiger partial charge in [0.05, 0.1) is 22.6 Å². The van der Waals surface area contributed by atoms with Crippen molar-refractivity contribution in [2.75, 3.05) is 29.9 Å². The lowest BCUT2D eigenvalue weighted by Gasteiger charge is -2.25. The van der Waals surface area contributed by atoms with Crippen LogP contribution in [0.2, 0.25) is 0 Å². The predicted octanol–water partition coefficient (Wildman–Crippen LogP) is 5.60. The van der Waals surface area contributed by atoms with E-state index in [-0.39, 0.29) is 0 Å². The Morgan fingerprint density at radius 3 is 2.88 bits per heavy atom. The number of rotatable bonds is 6. The highest BCUT2D eigenvalue weighted by Crippen LogP contribution is 2.31. The Morgan fingerprint density at radius 2 is 2.03 bits per heavy atom. The first-order valence-electron chi connectivity index (χ1n) is 11.4. The zero-order chi connectivity index (χ0) is 23.3. The lowest BCUT2D eigenvalue weighted by Crippen LogP contribution is -2.32. The van der Waals surface area contributed by atoms with E-state index in [0.717, 1.165) is 64.4 Å². The number of aryl methyl sites for hydroxylation is 1. The van der Waals surface area contributed by atoms with Gasteiger partial charge in [0, 0.05) is 71.9 Å². The highest BCUT2D eigenvalue weighted by Gasteiger charge is 2.13. The van der Waals surface area contributed by atoms with Crippen LogP contribution in [0.3, 0.4) is 0 Å². The first-order valence-corrected chi connectivity index (χ1v) is 12.5. The van der Waals surface area contributed by atoms with Crippen molar-refractivity contribution in [2.24, 2.45) is 0 Å². The molecule has 7 heteroatoms. The number of hydrogen-bond acceptors (Lipinski definition) is 6. The van der Waals surface area contributed by atoms with E-state index in [1.807, 2.05) is 48.3 Å². The molecule has 1 fully saturated rings. The maximum Gasteiger partial charge on any atom is 0.103 e. The van der Waals surface area contributed by atoms with Crippen LogP contribution in [0.15, 0.2) is 55.0 Å². The number of anilines is 2. The number of nitrogens with one attached hydrogen (secondary N) is 2. The summed E-state index contributed by atoms with van der Waals surface area (Å²) < 4.78 is 0. The minimum Gasteiger partial charge on any atom is -0.361 e. The summed E-state index contributed by atoms with van der Waals surface area (Å²) in [7, 11) is 0. The molecule has 0 saturated carbocycles. The molecule has 0 amide bonds. The summed E-state index contributed by atoms with van der Waals surface area (Å²) in [5.41, 5.74) is 7.23. The number of aromatic amines is 1. The van der Waals surface area contributed by atoms with Crippen molar-refractivity contribution in [3.63, 3.8) is 0 Å². The second-order valence-electron chi connectivity index (χ2n) is 8.34. The summed E-state index contributed by atoms with van der Waals surface area (Å²) >= 11 is 2.02. The molecule has 2 N–H and O–H groups in total. The number of fused-ring (bicyclic) bond motifs is 1. The maximum atomic E-state index is 9.73. The lowest BCUT2D eigenvalue weighted by atomic mass is 10.1. The third kappa shape index (κ3) is 4.84. The van der Waals surface area contributed by atoms with Gasteiger partial charge in [-0.1, -0.05) is 6.07 Å². The molecule has 3 aromatic heterocycles. The molecule has 1 aromatic carbocycles. The summed E-state index contributed by atoms with van der Waals surface area (Å²) in [6, 6.07) is 14.6. The van der Waals surface area contributed by atoms with Gasteiger partial charge in [-0.05, 0) is 55.0 Å². The van der Waals surface area contributed by atoms with Crippen LogP contribution in [0, 0.1) is 18.3 Å². The Bertz CT molecular complexity index is 1380. The van der Waals surface area contributed by atoms with E-state index >= 15 is 0 Å². The van der Waals surface area contributed by atoms with Crippen LogP contribution in [0.25, 0.3) is 23.1 Å². The zero-order valence-corrected chi connectivity index (χ0v) is 19.9. The molecule has 1 aliphatic heterocycles. The number of aromatic nitrogens is 3. The van der Waals surface area contributed by atoms with Crippen molar-refractivity contribution in [3.8, 4) is 6.07 Å². The molecule has 1 aliphatic rings. The van der Waals surface area contributed by atoms with Crippen molar-refractivity contribution in [1.29, 1.82) is 5.26 Å². The van der Waals surface area contributed by atoms with Gasteiger partial charge in [0.15, 0.2) is 0 Å². The zero-order valence-electron chi connectivity index (χ0n) is 19.1. The molecule has 0 aliphatic carbocycles. The van der Waals surface area contributed by atoms with E-state index in [0.29, 0.717) is 5.56 Å². The third-order valence-corrected chi connectivity index (χ3v) is 7.05. The molecule has 34 heavy (non-hydrogen) atoms. The maximum absolute atomic E-state index is 9.73. The Balaban J connectivity index is 1.41. The molecular formula is C27H26N6S. The van der Waals surface area contributed by atoms with E-state index in [1.165, 1.54) is 11.5 Å². The number of thioether (sulfide) groups is 1. The molecule has 0 atom stereocenters. The van der Waals surface area contributed by atoms with E-state index < -0.39 is 0 Å². The number of nitriles is 1. The number of hydrogen-bond donors (Lipinski definition) is 2. The van der Waals surface area contributed by atoms with E-state index in [4.69, 9.17) is 4.98 Å². The minimum absolute atomic E-state index is 0.500. The topological polar surface area (TPSA) is 80.6 Å². The molecular weight excluding hydrogens is 440 g/mol. The summed E-state index contributed by atoms with van der Waals surface area (Å²) in [5.74, 6) is 2.38. The van der Waals surface area contributed by atoms with Gasteiger partial charge < -0.3 is 10.3 Å². The highest BCUT2D eigenvalue weighted by atomic mass is 32.2. The number of benzene rings is 1. The fourth-order valence-corrected chi connectivity index (χ4v) is 5.20. The Morgan fingerprint density at radius 1 is 1.15 bits per heavy atom. The van der Waals surface area contributed by atoms with Crippen LogP contribution in [-0.2, 0) is 6.54 Å². The van der Waals surface area contributed by atoms with Crippen molar-refractivity contribution in [1.82, 2.24) is 19.9 Å². The number of pyridine rings is 2. The normalized spacial score (nSPS) is 14.5. The largest absolute Gasteiger partial charge is 0.361 e. The average molecular weight is 467 g/mol. The molecule has 1 saturated heterocycles. The second kappa shape index (κ2) is 10.1. The summed E-state index contributed by atoms with van der Waals surface area (Å²) in [6.45, 7) is 5.18. The van der Waals surface area contributed by atoms with Crippen LogP contribution in [-0.4, -0.2) is 44.4 Å². The van der Waals surface area contributed by atoms with Gasteiger partial charge in [-0.2, -0.15) is 17.0 Å². The molecule has 4 aromatic rings. The van der Waals surface area contributed by atoms with E-state index in [2.05, 4.69) is 51.4 Å². The van der Waals surface area contributed by atoms with Gasteiger partial charge in [0.1, 0.15) is 6.07 Å². The van der Waals surface area contributed by atoms with Gasteiger partial charge in [-0.25, -0.2) is 0 Å². The van der Waals surface area contributed by atoms with Gasteiger partial charge in [0.2, 0.25) is 0 Å². The minimum atomic E-state index is 0.500. The third-order valence-electron chi connectivity index (χ3n) is 6.11. The van der Waals surface area contributed by atoms with E-state index in [1.54, 1.807) is 12.4 Å². The van der Waals surface area contributed by atoms with E-state index in [9.17, 15) is 5.26 Å². The van der Waals surface area contributed by atoms with Crippen molar-refractivity contribution in [3.05, 3.63) is 83.1 Å². The fourth-order valence-electron chi connectivity index (χ4n) is 4.22. The van der Waals surface area contributed by atoms with Crippen LogP contribution in [0.4, 0.5) is 11.4 Å². The number of nitrogens with zero attached hydrogens (tertiary/aromatic N) is 4. The van der Waals surface area contributed by atoms with Gasteiger partial charge >= 0.3 is 0 Å². The second-order valence-corrected chi connectivity index (χ2v) is 9.57. The van der Waals surface area contributed by atoms with Gasteiger partial charge in [-0.3, -0.25) is 14.9 Å². The van der Waals surface area contributed by atoms with Crippen molar-refractivity contribution < 1.29 is 0 Å². The van der Waals surface area contributed by atoms with Crippen LogP contribution < -0.4 is 5.32 Å². The molecule has 0 unspecified atom stereocenters. The number of H-pyrrole nitrogens is 1. The molecule has 170 valence electrons. The smallest absolute Gasteiger partial charge is 0.103 e. The summed E-state index contributed by atoms with van der Waals surface area (Å²) in [5, 5.41) is 14.4. The van der Waals surface area contributed by atoms with Crippen molar-refractivity contribution in [2.45, 2.75) is 13.5 Å². The SMILES string of the molecule is Cc1c(Nc2c(C#N)cncc2/C=C/c2cccc(CN3CCSCC3)n2)ccc2[nH]ccc12. The molecule has 0 radical (unpaired) electrons. The first-order chi connectivity index (χ1) is 16.7. The predicted molar refractivity (Wildman–Crippen MR) is 141 cm³/mol. The standard InChI is InChI=1S/C27H26N6S/c1-19-24-9-10-30-26(24)8-7-25(19)32-27-20(16-29-17-21(27)15-28)5-6-22-3-2-4-23(31-22)18-33-11-13-34-14-12-33/h2-10,16-17,30H,11-14,18H2,1H3,(H,29,32)/b6-5+. The van der Waals surface area contributed by atoms with Gasteiger partial charge in [0.25, 0.3) is 0 Å². The summed E-state index contributed by atoms with van der Waals surface area (Å²) in [6.07, 6.45) is 9.28. The highest BCUT2D eigenvalue weighted by molar-refractivity contribution is 7.99. The quantitative estimate of drug-likeness (QED) is 0.385. The molecule has 4 heterocycles. The Kier molecular flexibility index (Phi) is 6.61. The molecule has 0 bridgehead atoms. The molecule has 6 nitrogen and oxygen atoms in total. The Labute approximate surface area is 203 Å². The average Bonchev–Trinajstić information content (AvgIpc) is 3.35. The van der Waals surface area contributed by atoms with Crippen LogP contribution in [0.5, 0.6) is 0 Å². The van der Waals surface area contributed by atoms with Crippen molar-refractivity contribution >= 4 is 46.2 Å². The first kappa shape index (κ1) is 22.2. The molecule has 0 spiro atoms. The Hall–Kier alpha value is -3.60. The lowest BCUT2D eigenvalue weighted by molar-refractivity contribution is 0.291. The summed E-state index contributed by atoms with van der Waals surface area (Å²) in [4.78, 5) is 14.8. The van der Waals surface area contributed by atoms with Gasteiger partial charge in [-0.15, -0.1) is 0 Å². The van der Waals surface area contributed by atoms with Crippen LogP contribution >= 0.6 is 11.8 Å². The van der Waals surface area contributed by atoms with Crippen LogP contribution in [0.1, 0.15) is 28.1 Å². The molecule has 5 rings (SSSR count). The fraction of sp³-hybridized carbons (Fsp3) is 0.222.